The van der Waals surface area contributed by atoms with Crippen LogP contribution in [0.25, 0.3) is 10.2 Å². The first-order chi connectivity index (χ1) is 12.6. The summed E-state index contributed by atoms with van der Waals surface area (Å²) in [7, 11) is 0. The summed E-state index contributed by atoms with van der Waals surface area (Å²) in [5.41, 5.74) is 0.710. The lowest BCUT2D eigenvalue weighted by Gasteiger charge is -2.17. The molecule has 0 unspecified atom stereocenters. The van der Waals surface area contributed by atoms with E-state index >= 15 is 0 Å². The summed E-state index contributed by atoms with van der Waals surface area (Å²) in [6.07, 6.45) is 1.40. The van der Waals surface area contributed by atoms with Crippen molar-refractivity contribution < 1.29 is 23.5 Å². The lowest BCUT2D eigenvalue weighted by Crippen LogP contribution is -2.41. The molecule has 0 aliphatic carbocycles. The van der Waals surface area contributed by atoms with Gasteiger partial charge in [0.15, 0.2) is 22.4 Å². The van der Waals surface area contributed by atoms with Crippen molar-refractivity contribution in [1.82, 2.24) is 10.3 Å². The van der Waals surface area contributed by atoms with E-state index in [1.807, 2.05) is 6.07 Å². The number of carbonyl (C=O) groups excluding carboxylic acids is 2. The van der Waals surface area contributed by atoms with E-state index < -0.39 is 11.9 Å². The molecule has 3 aromatic rings. The van der Waals surface area contributed by atoms with Gasteiger partial charge < -0.3 is 24.5 Å². The van der Waals surface area contributed by atoms with Crippen LogP contribution in [0.5, 0.6) is 11.5 Å². The van der Waals surface area contributed by atoms with Crippen LogP contribution in [0.3, 0.4) is 0 Å². The molecule has 0 saturated carbocycles. The van der Waals surface area contributed by atoms with E-state index in [0.717, 1.165) is 4.70 Å². The van der Waals surface area contributed by atoms with Crippen molar-refractivity contribution in [3.05, 3.63) is 36.3 Å². The van der Waals surface area contributed by atoms with Crippen molar-refractivity contribution in [3.63, 3.8) is 0 Å². The summed E-state index contributed by atoms with van der Waals surface area (Å²) in [5, 5.41) is 5.72. The highest BCUT2D eigenvalue weighted by Gasteiger charge is 2.20. The standard InChI is InChI=1S/C17H15N3O5S/c1-9(18-16(22)11-3-2-4-23-11)15(21)20-17-19-10-7-12-13(8-14(10)26-17)25-6-5-24-12/h2-4,7-9H,5-6H2,1H3,(H,18,22)(H,19,20,21)/t9-/m0/s1. The van der Waals surface area contributed by atoms with E-state index in [2.05, 4.69) is 15.6 Å². The van der Waals surface area contributed by atoms with Crippen LogP contribution < -0.4 is 20.1 Å². The molecule has 0 spiro atoms. The molecule has 3 heterocycles. The molecule has 1 aliphatic heterocycles. The first-order valence-corrected chi connectivity index (χ1v) is 8.77. The normalized spacial score (nSPS) is 14.0. The molecule has 0 bridgehead atoms. The monoisotopic (exact) mass is 373 g/mol. The van der Waals surface area contributed by atoms with Crippen LogP contribution in [0.1, 0.15) is 17.5 Å². The number of aromatic nitrogens is 1. The molecule has 0 saturated heterocycles. The Balaban J connectivity index is 1.46. The molecule has 26 heavy (non-hydrogen) atoms. The van der Waals surface area contributed by atoms with E-state index in [1.54, 1.807) is 19.1 Å². The number of nitrogens with zero attached hydrogens (tertiary/aromatic N) is 1. The maximum Gasteiger partial charge on any atom is 0.287 e. The average molecular weight is 373 g/mol. The molecule has 1 atom stereocenters. The number of hydrogen-bond donors (Lipinski definition) is 2. The van der Waals surface area contributed by atoms with Gasteiger partial charge in [0.05, 0.1) is 16.5 Å². The van der Waals surface area contributed by atoms with E-state index in [-0.39, 0.29) is 11.7 Å². The van der Waals surface area contributed by atoms with Gasteiger partial charge in [0.2, 0.25) is 5.91 Å². The van der Waals surface area contributed by atoms with E-state index in [9.17, 15) is 9.59 Å². The Kier molecular flexibility index (Phi) is 4.21. The van der Waals surface area contributed by atoms with Crippen LogP contribution in [0, 0.1) is 0 Å². The molecule has 0 radical (unpaired) electrons. The van der Waals surface area contributed by atoms with Crippen molar-refractivity contribution in [3.8, 4) is 11.5 Å². The first kappa shape index (κ1) is 16.4. The predicted molar refractivity (Wildman–Crippen MR) is 94.9 cm³/mol. The van der Waals surface area contributed by atoms with Crippen molar-refractivity contribution in [1.29, 1.82) is 0 Å². The second-order valence-corrected chi connectivity index (χ2v) is 6.67. The molecule has 2 N–H and O–H groups in total. The molecule has 8 nitrogen and oxygen atoms in total. The van der Waals surface area contributed by atoms with Crippen LogP contribution in [-0.2, 0) is 4.79 Å². The van der Waals surface area contributed by atoms with Gasteiger partial charge in [0, 0.05) is 12.1 Å². The molecule has 2 amide bonds. The molecule has 0 fully saturated rings. The largest absolute Gasteiger partial charge is 0.486 e. The summed E-state index contributed by atoms with van der Waals surface area (Å²) in [6.45, 7) is 2.59. The Bertz CT molecular complexity index is 923. The van der Waals surface area contributed by atoms with Gasteiger partial charge in [-0.25, -0.2) is 4.98 Å². The molecule has 2 aromatic heterocycles. The molecule has 4 rings (SSSR count). The van der Waals surface area contributed by atoms with Crippen molar-refractivity contribution >= 4 is 38.5 Å². The molecular weight excluding hydrogens is 358 g/mol. The summed E-state index contributed by atoms with van der Waals surface area (Å²) in [5.74, 6) is 0.635. The maximum atomic E-state index is 12.3. The number of ether oxygens (including phenoxy) is 2. The minimum atomic E-state index is -0.750. The zero-order valence-corrected chi connectivity index (χ0v) is 14.6. The Labute approximate surface area is 152 Å². The number of anilines is 1. The first-order valence-electron chi connectivity index (χ1n) is 7.95. The minimum Gasteiger partial charge on any atom is -0.486 e. The second kappa shape index (κ2) is 6.68. The van der Waals surface area contributed by atoms with Gasteiger partial charge in [-0.2, -0.15) is 0 Å². The molecule has 9 heteroatoms. The fraction of sp³-hybridized carbons (Fsp3) is 0.235. The Hall–Kier alpha value is -3.07. The van der Waals surface area contributed by atoms with Crippen LogP contribution >= 0.6 is 11.3 Å². The Morgan fingerprint density at radius 2 is 2.00 bits per heavy atom. The summed E-state index contributed by atoms with van der Waals surface area (Å²) in [4.78, 5) is 28.6. The van der Waals surface area contributed by atoms with Crippen LogP contribution in [0.4, 0.5) is 5.13 Å². The maximum absolute atomic E-state index is 12.3. The van der Waals surface area contributed by atoms with Gasteiger partial charge in [-0.05, 0) is 19.1 Å². The minimum absolute atomic E-state index is 0.148. The fourth-order valence-electron chi connectivity index (χ4n) is 2.47. The summed E-state index contributed by atoms with van der Waals surface area (Å²) < 4.78 is 17.0. The number of rotatable bonds is 4. The van der Waals surface area contributed by atoms with Gasteiger partial charge in [-0.15, -0.1) is 0 Å². The number of fused-ring (bicyclic) bond motifs is 2. The molecule has 134 valence electrons. The van der Waals surface area contributed by atoms with Gasteiger partial charge in [0.1, 0.15) is 19.3 Å². The topological polar surface area (TPSA) is 103 Å². The quantitative estimate of drug-likeness (QED) is 0.728. The lowest BCUT2D eigenvalue weighted by molar-refractivity contribution is -0.117. The zero-order valence-electron chi connectivity index (χ0n) is 13.8. The fourth-order valence-corrected chi connectivity index (χ4v) is 3.35. The highest BCUT2D eigenvalue weighted by Crippen LogP contribution is 2.37. The third kappa shape index (κ3) is 3.21. The number of furan rings is 1. The smallest absolute Gasteiger partial charge is 0.287 e. The Morgan fingerprint density at radius 3 is 2.73 bits per heavy atom. The van der Waals surface area contributed by atoms with Crippen molar-refractivity contribution in [2.75, 3.05) is 18.5 Å². The highest BCUT2D eigenvalue weighted by atomic mass is 32.1. The average Bonchev–Trinajstić information content (AvgIpc) is 3.28. The van der Waals surface area contributed by atoms with E-state index in [4.69, 9.17) is 13.9 Å². The van der Waals surface area contributed by atoms with Gasteiger partial charge in [-0.3, -0.25) is 9.59 Å². The second-order valence-electron chi connectivity index (χ2n) is 5.64. The van der Waals surface area contributed by atoms with Gasteiger partial charge in [-0.1, -0.05) is 11.3 Å². The predicted octanol–water partition coefficient (Wildman–Crippen LogP) is 2.42. The molecule has 1 aliphatic rings. The van der Waals surface area contributed by atoms with E-state index in [0.29, 0.717) is 35.4 Å². The number of benzene rings is 1. The number of carbonyl (C=O) groups is 2. The third-order valence-corrected chi connectivity index (χ3v) is 4.70. The van der Waals surface area contributed by atoms with Crippen molar-refractivity contribution in [2.24, 2.45) is 0 Å². The van der Waals surface area contributed by atoms with Crippen LogP contribution in [0.2, 0.25) is 0 Å². The third-order valence-electron chi connectivity index (χ3n) is 3.77. The summed E-state index contributed by atoms with van der Waals surface area (Å²) in [6, 6.07) is 6.02. The zero-order chi connectivity index (χ0) is 18.1. The number of nitrogens with one attached hydrogen (secondary N) is 2. The van der Waals surface area contributed by atoms with Gasteiger partial charge >= 0.3 is 0 Å². The Morgan fingerprint density at radius 1 is 1.23 bits per heavy atom. The van der Waals surface area contributed by atoms with Crippen LogP contribution in [0.15, 0.2) is 34.9 Å². The molecule has 1 aromatic carbocycles. The SMILES string of the molecule is C[C@H](NC(=O)c1ccco1)C(=O)Nc1nc2cc3c(cc2s1)OCCO3. The van der Waals surface area contributed by atoms with Gasteiger partial charge in [0.25, 0.3) is 5.91 Å². The number of amides is 2. The van der Waals surface area contributed by atoms with Crippen LogP contribution in [-0.4, -0.2) is 36.1 Å². The molecular formula is C17H15N3O5S. The van der Waals surface area contributed by atoms with Crippen molar-refractivity contribution in [2.45, 2.75) is 13.0 Å². The highest BCUT2D eigenvalue weighted by molar-refractivity contribution is 7.22. The number of thiazole rings is 1. The lowest BCUT2D eigenvalue weighted by atomic mass is 10.3. The summed E-state index contributed by atoms with van der Waals surface area (Å²) >= 11 is 1.32. The number of hydrogen-bond acceptors (Lipinski definition) is 7. The van der Waals surface area contributed by atoms with E-state index in [1.165, 1.54) is 23.7 Å².